The van der Waals surface area contributed by atoms with Gasteiger partial charge in [0.15, 0.2) is 4.34 Å². The van der Waals surface area contributed by atoms with Crippen molar-refractivity contribution in [2.75, 3.05) is 5.75 Å². The molecule has 0 aliphatic rings. The number of thioether (sulfide) groups is 1. The lowest BCUT2D eigenvalue weighted by atomic mass is 10.2. The third-order valence-corrected chi connectivity index (χ3v) is 4.14. The second-order valence-corrected chi connectivity index (χ2v) is 6.27. The Morgan fingerprint density at radius 1 is 1.56 bits per heavy atom. The number of carboxylic acid groups (broad SMARTS) is 1. The highest BCUT2D eigenvalue weighted by Gasteiger charge is 2.17. The number of hydrogen-bond donors (Lipinski definition) is 2. The van der Waals surface area contributed by atoms with Crippen molar-refractivity contribution in [3.63, 3.8) is 0 Å². The number of aromatic nitrogens is 2. The Balaban J connectivity index is 2.36. The summed E-state index contributed by atoms with van der Waals surface area (Å²) < 4.78 is 5.11. The third-order valence-electron chi connectivity index (χ3n) is 2.23. The van der Waals surface area contributed by atoms with Gasteiger partial charge in [0.2, 0.25) is 0 Å². The van der Waals surface area contributed by atoms with Crippen LogP contribution in [0.25, 0.3) is 0 Å². The number of carboxylic acids is 1. The van der Waals surface area contributed by atoms with Gasteiger partial charge in [-0.2, -0.15) is 4.37 Å². The van der Waals surface area contributed by atoms with Crippen molar-refractivity contribution in [3.05, 3.63) is 5.82 Å². The molecule has 0 aromatic carbocycles. The van der Waals surface area contributed by atoms with Gasteiger partial charge in [-0.25, -0.2) is 4.98 Å². The molecule has 1 aromatic heterocycles. The molecule has 0 spiro atoms. The zero-order valence-corrected chi connectivity index (χ0v) is 12.5. The van der Waals surface area contributed by atoms with Crippen LogP contribution in [0.4, 0.5) is 0 Å². The van der Waals surface area contributed by atoms with Gasteiger partial charge in [0, 0.05) is 18.2 Å². The van der Waals surface area contributed by atoms with E-state index in [0.29, 0.717) is 6.42 Å². The van der Waals surface area contributed by atoms with E-state index in [1.807, 2.05) is 20.8 Å². The number of carbonyl (C=O) groups is 1. The van der Waals surface area contributed by atoms with E-state index in [2.05, 4.69) is 14.7 Å². The summed E-state index contributed by atoms with van der Waals surface area (Å²) in [5.74, 6) is 0.795. The maximum absolute atomic E-state index is 11.0. The molecule has 0 aliphatic heterocycles. The first-order valence-electron chi connectivity index (χ1n) is 5.97. The molecule has 1 unspecified atom stereocenters. The summed E-state index contributed by atoms with van der Waals surface area (Å²) in [6.45, 7) is 5.91. The van der Waals surface area contributed by atoms with Gasteiger partial charge in [-0.05, 0) is 18.0 Å². The van der Waals surface area contributed by atoms with Gasteiger partial charge in [0.05, 0.1) is 0 Å². The predicted octanol–water partition coefficient (Wildman–Crippen LogP) is 2.03. The number of hydrogen-bond acceptors (Lipinski definition) is 6. The van der Waals surface area contributed by atoms with Gasteiger partial charge < -0.3 is 10.4 Å². The van der Waals surface area contributed by atoms with Crippen molar-refractivity contribution in [2.24, 2.45) is 0 Å². The minimum atomic E-state index is -0.796. The van der Waals surface area contributed by atoms with Crippen LogP contribution in [0.1, 0.15) is 33.0 Å². The van der Waals surface area contributed by atoms with E-state index in [4.69, 9.17) is 5.11 Å². The predicted molar refractivity (Wildman–Crippen MR) is 74.3 cm³/mol. The molecule has 0 saturated carbocycles. The molecule has 2 N–H and O–H groups in total. The Morgan fingerprint density at radius 3 is 2.78 bits per heavy atom. The Morgan fingerprint density at radius 2 is 2.28 bits per heavy atom. The second kappa shape index (κ2) is 7.70. The SMILES string of the molecule is CCc1nsc(SCCC(NC(C)C)C(=O)O)n1. The maximum Gasteiger partial charge on any atom is 0.320 e. The molecule has 1 aromatic rings. The van der Waals surface area contributed by atoms with E-state index >= 15 is 0 Å². The van der Waals surface area contributed by atoms with Crippen LogP contribution in [0.5, 0.6) is 0 Å². The fraction of sp³-hybridized carbons (Fsp3) is 0.727. The molecule has 0 bridgehead atoms. The Bertz CT molecular complexity index is 382. The van der Waals surface area contributed by atoms with E-state index < -0.39 is 12.0 Å². The summed E-state index contributed by atoms with van der Waals surface area (Å²) in [5, 5.41) is 12.1. The normalized spacial score (nSPS) is 12.9. The Kier molecular flexibility index (Phi) is 6.59. The van der Waals surface area contributed by atoms with Crippen molar-refractivity contribution in [2.45, 2.75) is 50.0 Å². The molecule has 0 aliphatic carbocycles. The summed E-state index contributed by atoms with van der Waals surface area (Å²) in [6.07, 6.45) is 1.42. The highest BCUT2D eigenvalue weighted by Crippen LogP contribution is 2.21. The lowest BCUT2D eigenvalue weighted by molar-refractivity contribution is -0.139. The average molecular weight is 289 g/mol. The van der Waals surface area contributed by atoms with Crippen LogP contribution in [0, 0.1) is 0 Å². The number of rotatable bonds is 8. The zero-order valence-electron chi connectivity index (χ0n) is 10.8. The van der Waals surface area contributed by atoms with Gasteiger partial charge in [0.1, 0.15) is 11.9 Å². The fourth-order valence-electron chi connectivity index (χ4n) is 1.38. The van der Waals surface area contributed by atoms with Crippen molar-refractivity contribution in [3.8, 4) is 0 Å². The van der Waals surface area contributed by atoms with Crippen LogP contribution in [0.15, 0.2) is 4.34 Å². The summed E-state index contributed by atoms with van der Waals surface area (Å²) in [5.41, 5.74) is 0. The lowest BCUT2D eigenvalue weighted by Crippen LogP contribution is -2.41. The van der Waals surface area contributed by atoms with Crippen LogP contribution < -0.4 is 5.32 Å². The molecule has 0 saturated heterocycles. The molecule has 1 atom stereocenters. The molecule has 5 nitrogen and oxygen atoms in total. The fourth-order valence-corrected chi connectivity index (χ4v) is 3.16. The van der Waals surface area contributed by atoms with Gasteiger partial charge >= 0.3 is 5.97 Å². The third kappa shape index (κ3) is 5.32. The molecule has 1 heterocycles. The smallest absolute Gasteiger partial charge is 0.320 e. The maximum atomic E-state index is 11.0. The first-order chi connectivity index (χ1) is 8.52. The van der Waals surface area contributed by atoms with Crippen LogP contribution in [0.2, 0.25) is 0 Å². The Labute approximate surface area is 116 Å². The van der Waals surface area contributed by atoms with Gasteiger partial charge in [0.25, 0.3) is 0 Å². The summed E-state index contributed by atoms with van der Waals surface area (Å²) in [4.78, 5) is 15.4. The number of nitrogens with one attached hydrogen (secondary N) is 1. The molecule has 18 heavy (non-hydrogen) atoms. The summed E-state index contributed by atoms with van der Waals surface area (Å²) in [6, 6.07) is -0.319. The molecule has 1 rings (SSSR count). The number of aliphatic carboxylic acids is 1. The van der Waals surface area contributed by atoms with Crippen LogP contribution in [-0.4, -0.2) is 38.3 Å². The quantitative estimate of drug-likeness (QED) is 0.713. The highest BCUT2D eigenvalue weighted by molar-refractivity contribution is 8.00. The minimum absolute atomic E-state index is 0.171. The average Bonchev–Trinajstić information content (AvgIpc) is 2.75. The van der Waals surface area contributed by atoms with Crippen molar-refractivity contribution in [1.29, 1.82) is 0 Å². The molecular weight excluding hydrogens is 270 g/mol. The van der Waals surface area contributed by atoms with E-state index in [0.717, 1.165) is 22.3 Å². The molecule has 0 fully saturated rings. The van der Waals surface area contributed by atoms with Crippen LogP contribution in [-0.2, 0) is 11.2 Å². The second-order valence-electron chi connectivity index (χ2n) is 4.18. The summed E-state index contributed by atoms with van der Waals surface area (Å²) >= 11 is 2.95. The first-order valence-corrected chi connectivity index (χ1v) is 7.73. The van der Waals surface area contributed by atoms with Crippen molar-refractivity contribution in [1.82, 2.24) is 14.7 Å². The minimum Gasteiger partial charge on any atom is -0.480 e. The van der Waals surface area contributed by atoms with Crippen molar-refractivity contribution >= 4 is 29.3 Å². The van der Waals surface area contributed by atoms with Gasteiger partial charge in [-0.1, -0.05) is 32.5 Å². The lowest BCUT2D eigenvalue weighted by Gasteiger charge is -2.16. The first kappa shape index (κ1) is 15.4. The molecule has 0 radical (unpaired) electrons. The topological polar surface area (TPSA) is 75.1 Å². The summed E-state index contributed by atoms with van der Waals surface area (Å²) in [7, 11) is 0. The zero-order chi connectivity index (χ0) is 13.5. The monoisotopic (exact) mass is 289 g/mol. The van der Waals surface area contributed by atoms with Gasteiger partial charge in [-0.15, -0.1) is 0 Å². The van der Waals surface area contributed by atoms with Crippen LogP contribution in [0.3, 0.4) is 0 Å². The van der Waals surface area contributed by atoms with E-state index in [-0.39, 0.29) is 6.04 Å². The Hall–Kier alpha value is -0.660. The van der Waals surface area contributed by atoms with E-state index in [1.165, 1.54) is 11.5 Å². The van der Waals surface area contributed by atoms with E-state index in [9.17, 15) is 4.79 Å². The molecular formula is C11H19N3O2S2. The van der Waals surface area contributed by atoms with Gasteiger partial charge in [-0.3, -0.25) is 4.79 Å². The number of aryl methyl sites for hydroxylation is 1. The molecule has 7 heteroatoms. The van der Waals surface area contributed by atoms with Crippen LogP contribution >= 0.6 is 23.3 Å². The largest absolute Gasteiger partial charge is 0.480 e. The molecule has 102 valence electrons. The van der Waals surface area contributed by atoms with Crippen molar-refractivity contribution < 1.29 is 9.90 Å². The standard InChI is InChI=1S/C11H19N3O2S2/c1-4-9-13-11(18-14-9)17-6-5-8(10(15)16)12-7(2)3/h7-8,12H,4-6H2,1-3H3,(H,15,16). The highest BCUT2D eigenvalue weighted by atomic mass is 32.2. The molecule has 0 amide bonds. The van der Waals surface area contributed by atoms with E-state index in [1.54, 1.807) is 11.8 Å². The number of nitrogens with zero attached hydrogens (tertiary/aromatic N) is 2.